The summed E-state index contributed by atoms with van der Waals surface area (Å²) in [5.74, 6) is 0.526. The maximum absolute atomic E-state index is 10.7. The number of hydrogen-bond acceptors (Lipinski definition) is 6. The fourth-order valence-electron chi connectivity index (χ4n) is 1.91. The van der Waals surface area contributed by atoms with Gasteiger partial charge in [-0.2, -0.15) is 5.26 Å². The maximum atomic E-state index is 10.7. The van der Waals surface area contributed by atoms with E-state index < -0.39 is 4.92 Å². The molecule has 0 radical (unpaired) electrons. The first-order chi connectivity index (χ1) is 10.7. The number of nitro groups is 1. The second kappa shape index (κ2) is 7.04. The lowest BCUT2D eigenvalue weighted by Gasteiger charge is -2.11. The van der Waals surface area contributed by atoms with Crippen LogP contribution in [0.25, 0.3) is 0 Å². The molecule has 1 aromatic carbocycles. The second-order valence-electron chi connectivity index (χ2n) is 4.35. The zero-order valence-electron chi connectivity index (χ0n) is 11.9. The number of nitriles is 1. The number of non-ortho nitro benzene ring substituents is 1. The van der Waals surface area contributed by atoms with E-state index in [1.807, 2.05) is 19.1 Å². The van der Waals surface area contributed by atoms with Crippen molar-refractivity contribution in [2.45, 2.75) is 13.5 Å². The molecule has 0 aliphatic heterocycles. The summed E-state index contributed by atoms with van der Waals surface area (Å²) >= 11 is 0. The van der Waals surface area contributed by atoms with Gasteiger partial charge in [-0.05, 0) is 19.1 Å². The third-order valence-electron chi connectivity index (χ3n) is 2.93. The molecule has 0 fully saturated rings. The minimum atomic E-state index is -0.529. The third kappa shape index (κ3) is 3.49. The summed E-state index contributed by atoms with van der Waals surface area (Å²) in [5.41, 5.74) is 1.47. The number of hydrogen-bond donors (Lipinski definition) is 1. The van der Waals surface area contributed by atoms with E-state index >= 15 is 0 Å². The Morgan fingerprint density at radius 3 is 2.95 bits per heavy atom. The van der Waals surface area contributed by atoms with Crippen LogP contribution in [0.4, 0.5) is 11.4 Å². The van der Waals surface area contributed by atoms with Crippen LogP contribution in [0.5, 0.6) is 5.88 Å². The number of pyridine rings is 1. The molecule has 1 N–H and O–H groups in total. The van der Waals surface area contributed by atoms with Crippen molar-refractivity contribution in [1.82, 2.24) is 4.98 Å². The van der Waals surface area contributed by atoms with E-state index in [4.69, 9.17) is 10.00 Å². The molecule has 0 saturated carbocycles. The molecule has 7 heteroatoms. The topological polar surface area (TPSA) is 101 Å². The predicted octanol–water partition coefficient (Wildman–Crippen LogP) is 2.87. The Hall–Kier alpha value is -3.14. The van der Waals surface area contributed by atoms with Crippen LogP contribution < -0.4 is 10.1 Å². The highest BCUT2D eigenvalue weighted by atomic mass is 16.6. The fraction of sp³-hybridized carbons (Fsp3) is 0.200. The predicted molar refractivity (Wildman–Crippen MR) is 80.5 cm³/mol. The molecule has 0 spiro atoms. The van der Waals surface area contributed by atoms with Crippen LogP contribution in [0.15, 0.2) is 36.5 Å². The zero-order valence-corrected chi connectivity index (χ0v) is 11.9. The third-order valence-corrected chi connectivity index (χ3v) is 2.93. The van der Waals surface area contributed by atoms with Gasteiger partial charge in [0.1, 0.15) is 6.07 Å². The Labute approximate surface area is 127 Å². The molecule has 22 heavy (non-hydrogen) atoms. The molecular weight excluding hydrogens is 284 g/mol. The first kappa shape index (κ1) is 15.3. The highest BCUT2D eigenvalue weighted by Crippen LogP contribution is 2.23. The summed E-state index contributed by atoms with van der Waals surface area (Å²) in [5, 5.41) is 22.9. The molecule has 0 bridgehead atoms. The number of benzene rings is 1. The van der Waals surface area contributed by atoms with E-state index in [-0.39, 0.29) is 11.3 Å². The highest BCUT2D eigenvalue weighted by molar-refractivity contribution is 5.61. The van der Waals surface area contributed by atoms with E-state index in [2.05, 4.69) is 10.3 Å². The molecule has 1 aromatic heterocycles. The molecule has 7 nitrogen and oxygen atoms in total. The largest absolute Gasteiger partial charge is 0.478 e. The molecule has 0 amide bonds. The van der Waals surface area contributed by atoms with Crippen molar-refractivity contribution in [3.05, 3.63) is 57.8 Å². The number of aromatic nitrogens is 1. The SMILES string of the molecule is CCOc1ncccc1CNc1ccc([N+](=O)[O-])cc1C#N. The normalized spacial score (nSPS) is 9.82. The van der Waals surface area contributed by atoms with Crippen LogP contribution in [0, 0.1) is 21.4 Å². The summed E-state index contributed by atoms with van der Waals surface area (Å²) in [6, 6.07) is 9.73. The van der Waals surface area contributed by atoms with Gasteiger partial charge < -0.3 is 10.1 Å². The van der Waals surface area contributed by atoms with Gasteiger partial charge in [-0.3, -0.25) is 10.1 Å². The van der Waals surface area contributed by atoms with E-state index in [0.29, 0.717) is 24.7 Å². The molecule has 2 aromatic rings. The summed E-state index contributed by atoms with van der Waals surface area (Å²) in [6.45, 7) is 2.77. The fourth-order valence-corrected chi connectivity index (χ4v) is 1.91. The average Bonchev–Trinajstić information content (AvgIpc) is 2.54. The Balaban J connectivity index is 2.19. The number of rotatable bonds is 6. The van der Waals surface area contributed by atoms with Gasteiger partial charge in [0.05, 0.1) is 22.8 Å². The maximum Gasteiger partial charge on any atom is 0.270 e. The van der Waals surface area contributed by atoms with Crippen LogP contribution in [0.3, 0.4) is 0 Å². The first-order valence-corrected chi connectivity index (χ1v) is 6.64. The van der Waals surface area contributed by atoms with E-state index in [1.165, 1.54) is 18.2 Å². The monoisotopic (exact) mass is 298 g/mol. The van der Waals surface area contributed by atoms with Gasteiger partial charge in [-0.25, -0.2) is 4.98 Å². The Kier molecular flexibility index (Phi) is 4.88. The Morgan fingerprint density at radius 2 is 2.27 bits per heavy atom. The molecule has 0 unspecified atom stereocenters. The van der Waals surface area contributed by atoms with Crippen molar-refractivity contribution in [2.24, 2.45) is 0 Å². The molecule has 2 rings (SSSR count). The summed E-state index contributed by atoms with van der Waals surface area (Å²) < 4.78 is 5.43. The van der Waals surface area contributed by atoms with Crippen LogP contribution in [-0.4, -0.2) is 16.5 Å². The van der Waals surface area contributed by atoms with Crippen LogP contribution in [-0.2, 0) is 6.54 Å². The number of nitro benzene ring substituents is 1. The lowest BCUT2D eigenvalue weighted by Crippen LogP contribution is -2.05. The number of ether oxygens (including phenoxy) is 1. The van der Waals surface area contributed by atoms with Crippen molar-refractivity contribution >= 4 is 11.4 Å². The van der Waals surface area contributed by atoms with E-state index in [0.717, 1.165) is 5.56 Å². The lowest BCUT2D eigenvalue weighted by atomic mass is 10.1. The first-order valence-electron chi connectivity index (χ1n) is 6.64. The van der Waals surface area contributed by atoms with Gasteiger partial charge in [-0.1, -0.05) is 6.07 Å². The van der Waals surface area contributed by atoms with Crippen LogP contribution >= 0.6 is 0 Å². The van der Waals surface area contributed by atoms with E-state index in [1.54, 1.807) is 12.3 Å². The number of anilines is 1. The zero-order chi connectivity index (χ0) is 15.9. The van der Waals surface area contributed by atoms with Gasteiger partial charge in [0.2, 0.25) is 5.88 Å². The lowest BCUT2D eigenvalue weighted by molar-refractivity contribution is -0.384. The summed E-state index contributed by atoms with van der Waals surface area (Å²) in [6.07, 6.45) is 1.64. The highest BCUT2D eigenvalue weighted by Gasteiger charge is 2.11. The smallest absolute Gasteiger partial charge is 0.270 e. The Bertz CT molecular complexity index is 725. The van der Waals surface area contributed by atoms with Gasteiger partial charge >= 0.3 is 0 Å². The summed E-state index contributed by atoms with van der Waals surface area (Å²) in [4.78, 5) is 14.3. The standard InChI is InChI=1S/C15H14N4O3/c1-2-22-15-11(4-3-7-17-15)10-18-14-6-5-13(19(20)21)8-12(14)9-16/h3-8,18H,2,10H2,1H3. The molecule has 0 saturated heterocycles. The molecule has 0 atom stereocenters. The van der Waals surface area contributed by atoms with Crippen molar-refractivity contribution < 1.29 is 9.66 Å². The van der Waals surface area contributed by atoms with Crippen molar-refractivity contribution in [1.29, 1.82) is 5.26 Å². The molecule has 1 heterocycles. The van der Waals surface area contributed by atoms with Crippen LogP contribution in [0.2, 0.25) is 0 Å². The minimum Gasteiger partial charge on any atom is -0.478 e. The van der Waals surface area contributed by atoms with Gasteiger partial charge in [0.15, 0.2) is 0 Å². The molecule has 112 valence electrons. The number of nitrogens with one attached hydrogen (secondary N) is 1. The Morgan fingerprint density at radius 1 is 1.45 bits per heavy atom. The van der Waals surface area contributed by atoms with Gasteiger partial charge in [0, 0.05) is 30.4 Å². The molecular formula is C15H14N4O3. The minimum absolute atomic E-state index is 0.113. The average molecular weight is 298 g/mol. The van der Waals surface area contributed by atoms with E-state index in [9.17, 15) is 10.1 Å². The van der Waals surface area contributed by atoms with Crippen molar-refractivity contribution in [3.8, 4) is 11.9 Å². The van der Waals surface area contributed by atoms with Gasteiger partial charge in [-0.15, -0.1) is 0 Å². The summed E-state index contributed by atoms with van der Waals surface area (Å²) in [7, 11) is 0. The molecule has 0 aliphatic rings. The van der Waals surface area contributed by atoms with Crippen LogP contribution in [0.1, 0.15) is 18.1 Å². The molecule has 0 aliphatic carbocycles. The quantitative estimate of drug-likeness (QED) is 0.650. The number of nitrogens with zero attached hydrogens (tertiary/aromatic N) is 3. The van der Waals surface area contributed by atoms with Gasteiger partial charge in [0.25, 0.3) is 5.69 Å². The second-order valence-corrected chi connectivity index (χ2v) is 4.35. The van der Waals surface area contributed by atoms with Crippen molar-refractivity contribution in [2.75, 3.05) is 11.9 Å². The van der Waals surface area contributed by atoms with Crippen molar-refractivity contribution in [3.63, 3.8) is 0 Å².